The third kappa shape index (κ3) is 2.86. The maximum absolute atomic E-state index is 12.8. The van der Waals surface area contributed by atoms with Crippen molar-refractivity contribution >= 4 is 17.8 Å². The van der Waals surface area contributed by atoms with Crippen molar-refractivity contribution in [1.82, 2.24) is 5.32 Å². The second-order valence-electron chi connectivity index (χ2n) is 5.39. The molecule has 0 bridgehead atoms. The third-order valence-electron chi connectivity index (χ3n) is 3.78. The highest BCUT2D eigenvalue weighted by Crippen LogP contribution is 2.31. The van der Waals surface area contributed by atoms with E-state index in [1.165, 1.54) is 17.7 Å². The van der Waals surface area contributed by atoms with Crippen molar-refractivity contribution in [1.29, 1.82) is 0 Å². The predicted molar refractivity (Wildman–Crippen MR) is 86.1 cm³/mol. The molecule has 2 amide bonds. The molecule has 2 aromatic carbocycles. The van der Waals surface area contributed by atoms with Crippen molar-refractivity contribution in [2.45, 2.75) is 19.4 Å². The molecule has 4 heteroatoms. The first-order chi connectivity index (χ1) is 10.6. The van der Waals surface area contributed by atoms with Crippen LogP contribution in [0.4, 0.5) is 14.9 Å². The summed E-state index contributed by atoms with van der Waals surface area (Å²) >= 11 is 0. The molecule has 3 nitrogen and oxygen atoms in total. The average molecular weight is 296 g/mol. The fraction of sp³-hybridized carbons (Fsp3) is 0.167. The number of fused-ring (bicyclic) bond motifs is 1. The number of urea groups is 1. The van der Waals surface area contributed by atoms with Crippen LogP contribution in [-0.2, 0) is 6.42 Å². The van der Waals surface area contributed by atoms with E-state index in [1.807, 2.05) is 31.2 Å². The van der Waals surface area contributed by atoms with Crippen molar-refractivity contribution < 1.29 is 9.18 Å². The number of amides is 2. The summed E-state index contributed by atoms with van der Waals surface area (Å²) < 4.78 is 12.8. The molecule has 0 fully saturated rings. The van der Waals surface area contributed by atoms with E-state index < -0.39 is 0 Å². The molecule has 0 aromatic heterocycles. The Kier molecular flexibility index (Phi) is 3.92. The number of hydrogen-bond donors (Lipinski definition) is 1. The van der Waals surface area contributed by atoms with Gasteiger partial charge in [0.1, 0.15) is 5.82 Å². The lowest BCUT2D eigenvalue weighted by molar-refractivity contribution is 0.248. The van der Waals surface area contributed by atoms with Gasteiger partial charge in [-0.3, -0.25) is 4.90 Å². The zero-order chi connectivity index (χ0) is 15.5. The molecule has 1 aliphatic rings. The van der Waals surface area contributed by atoms with Crippen LogP contribution in [0.25, 0.3) is 6.08 Å². The Bertz CT molecular complexity index is 709. The maximum Gasteiger partial charge on any atom is 0.326 e. The van der Waals surface area contributed by atoms with Gasteiger partial charge in [-0.2, -0.15) is 0 Å². The molecule has 0 spiro atoms. The first-order valence-electron chi connectivity index (χ1n) is 7.25. The van der Waals surface area contributed by atoms with Crippen LogP contribution in [0.1, 0.15) is 18.1 Å². The van der Waals surface area contributed by atoms with Crippen molar-refractivity contribution in [3.05, 3.63) is 71.7 Å². The number of hydrogen-bond acceptors (Lipinski definition) is 1. The van der Waals surface area contributed by atoms with Crippen molar-refractivity contribution in [3.63, 3.8) is 0 Å². The molecule has 1 atom stereocenters. The van der Waals surface area contributed by atoms with Crippen LogP contribution in [-0.4, -0.2) is 12.1 Å². The molecular weight excluding hydrogens is 279 g/mol. The van der Waals surface area contributed by atoms with Gasteiger partial charge in [0, 0.05) is 17.9 Å². The van der Waals surface area contributed by atoms with Gasteiger partial charge >= 0.3 is 6.03 Å². The van der Waals surface area contributed by atoms with Crippen LogP contribution in [0.2, 0.25) is 0 Å². The first-order valence-corrected chi connectivity index (χ1v) is 7.25. The molecule has 0 saturated heterocycles. The van der Waals surface area contributed by atoms with Gasteiger partial charge in [0.15, 0.2) is 0 Å². The largest absolute Gasteiger partial charge is 0.326 e. The quantitative estimate of drug-likeness (QED) is 0.894. The summed E-state index contributed by atoms with van der Waals surface area (Å²) in [6, 6.07) is 14.0. The predicted octanol–water partition coefficient (Wildman–Crippen LogP) is 3.96. The Labute approximate surface area is 129 Å². The number of anilines is 1. The average Bonchev–Trinajstić information content (AvgIpc) is 2.85. The molecule has 22 heavy (non-hydrogen) atoms. The molecule has 112 valence electrons. The van der Waals surface area contributed by atoms with E-state index in [4.69, 9.17) is 0 Å². The van der Waals surface area contributed by atoms with E-state index in [2.05, 4.69) is 5.32 Å². The number of nitrogens with zero attached hydrogens (tertiary/aromatic N) is 1. The lowest BCUT2D eigenvalue weighted by Gasteiger charge is -2.22. The minimum atomic E-state index is -0.274. The number of para-hydroxylation sites is 1. The Morgan fingerprint density at radius 3 is 2.73 bits per heavy atom. The van der Waals surface area contributed by atoms with Crippen LogP contribution < -0.4 is 10.2 Å². The van der Waals surface area contributed by atoms with E-state index >= 15 is 0 Å². The molecule has 1 aliphatic heterocycles. The number of carbonyl (C=O) groups excluding carboxylic acids is 1. The van der Waals surface area contributed by atoms with Crippen LogP contribution >= 0.6 is 0 Å². The molecular formula is C18H17FN2O. The Balaban J connectivity index is 1.68. The van der Waals surface area contributed by atoms with Gasteiger partial charge in [-0.15, -0.1) is 0 Å². The number of halogens is 1. The summed E-state index contributed by atoms with van der Waals surface area (Å²) in [7, 11) is 0. The summed E-state index contributed by atoms with van der Waals surface area (Å²) in [6.45, 7) is 2.03. The smallest absolute Gasteiger partial charge is 0.314 e. The van der Waals surface area contributed by atoms with Gasteiger partial charge in [-0.05, 0) is 48.7 Å². The fourth-order valence-electron chi connectivity index (χ4n) is 2.73. The van der Waals surface area contributed by atoms with Gasteiger partial charge in [-0.25, -0.2) is 9.18 Å². The van der Waals surface area contributed by atoms with E-state index in [0.29, 0.717) is 0 Å². The van der Waals surface area contributed by atoms with Crippen LogP contribution in [0, 0.1) is 5.82 Å². The summed E-state index contributed by atoms with van der Waals surface area (Å²) in [5.74, 6) is -0.274. The summed E-state index contributed by atoms with van der Waals surface area (Å²) in [5.41, 5.74) is 2.98. The highest BCUT2D eigenvalue weighted by molar-refractivity contribution is 5.95. The van der Waals surface area contributed by atoms with Crippen molar-refractivity contribution in [3.8, 4) is 0 Å². The first kappa shape index (κ1) is 14.3. The Morgan fingerprint density at radius 2 is 1.95 bits per heavy atom. The second kappa shape index (κ2) is 6.02. The molecule has 1 N–H and O–H groups in total. The van der Waals surface area contributed by atoms with E-state index in [0.717, 1.165) is 17.7 Å². The lowest BCUT2D eigenvalue weighted by Crippen LogP contribution is -2.41. The Morgan fingerprint density at radius 1 is 1.23 bits per heavy atom. The molecule has 2 aromatic rings. The number of carbonyl (C=O) groups is 1. The molecule has 3 rings (SSSR count). The molecule has 0 aliphatic carbocycles. The standard InChI is InChI=1S/C18H17FN2O/c1-13-12-15-4-2-3-5-17(15)21(13)18(22)20-11-10-14-6-8-16(19)9-7-14/h2-11,13H,12H2,1H3,(H,20,22)/b11-10+. The summed E-state index contributed by atoms with van der Waals surface area (Å²) in [5, 5.41) is 2.77. The monoisotopic (exact) mass is 296 g/mol. The highest BCUT2D eigenvalue weighted by atomic mass is 19.1. The maximum atomic E-state index is 12.8. The number of rotatable bonds is 2. The SMILES string of the molecule is CC1Cc2ccccc2N1C(=O)N/C=C/c1ccc(F)cc1. The minimum absolute atomic E-state index is 0.136. The van der Waals surface area contributed by atoms with Gasteiger partial charge in [0.05, 0.1) is 0 Å². The van der Waals surface area contributed by atoms with Crippen molar-refractivity contribution in [2.24, 2.45) is 0 Å². The normalized spacial score (nSPS) is 16.8. The summed E-state index contributed by atoms with van der Waals surface area (Å²) in [6.07, 6.45) is 4.19. The molecule has 1 unspecified atom stereocenters. The molecule has 0 saturated carbocycles. The van der Waals surface area contributed by atoms with Gasteiger partial charge in [-0.1, -0.05) is 30.3 Å². The topological polar surface area (TPSA) is 32.3 Å². The fourth-order valence-corrected chi connectivity index (χ4v) is 2.73. The number of benzene rings is 2. The lowest BCUT2D eigenvalue weighted by atomic mass is 10.1. The third-order valence-corrected chi connectivity index (χ3v) is 3.78. The highest BCUT2D eigenvalue weighted by Gasteiger charge is 2.29. The number of nitrogens with one attached hydrogen (secondary N) is 1. The Hall–Kier alpha value is -2.62. The zero-order valence-electron chi connectivity index (χ0n) is 12.3. The van der Waals surface area contributed by atoms with Crippen LogP contribution in [0.5, 0.6) is 0 Å². The van der Waals surface area contributed by atoms with Crippen LogP contribution in [0.3, 0.4) is 0 Å². The van der Waals surface area contributed by atoms with Crippen LogP contribution in [0.15, 0.2) is 54.7 Å². The van der Waals surface area contributed by atoms with Gasteiger partial charge in [0.25, 0.3) is 0 Å². The second-order valence-corrected chi connectivity index (χ2v) is 5.39. The van der Waals surface area contributed by atoms with Crippen molar-refractivity contribution in [2.75, 3.05) is 4.90 Å². The van der Waals surface area contributed by atoms with E-state index in [-0.39, 0.29) is 17.9 Å². The zero-order valence-corrected chi connectivity index (χ0v) is 12.3. The van der Waals surface area contributed by atoms with Gasteiger partial charge < -0.3 is 5.32 Å². The van der Waals surface area contributed by atoms with E-state index in [9.17, 15) is 9.18 Å². The molecule has 1 heterocycles. The van der Waals surface area contributed by atoms with Gasteiger partial charge in [0.2, 0.25) is 0 Å². The molecule has 0 radical (unpaired) electrons. The summed E-state index contributed by atoms with van der Waals surface area (Å²) in [4.78, 5) is 14.1. The van der Waals surface area contributed by atoms with E-state index in [1.54, 1.807) is 29.3 Å². The minimum Gasteiger partial charge on any atom is -0.314 e.